The minimum atomic E-state index is -0.170. The van der Waals surface area contributed by atoms with E-state index in [1.165, 1.54) is 6.26 Å². The zero-order valence-electron chi connectivity index (χ0n) is 12.5. The van der Waals surface area contributed by atoms with Gasteiger partial charge in [0.1, 0.15) is 0 Å². The number of benzene rings is 1. The van der Waals surface area contributed by atoms with Crippen molar-refractivity contribution in [2.24, 2.45) is 0 Å². The molecule has 1 aromatic heterocycles. The molecular formula is C17H17Cl2NO3. The van der Waals surface area contributed by atoms with Crippen LogP contribution in [0.4, 0.5) is 0 Å². The molecule has 1 aliphatic rings. The van der Waals surface area contributed by atoms with Crippen LogP contribution in [0, 0.1) is 0 Å². The fourth-order valence-electron chi connectivity index (χ4n) is 2.67. The van der Waals surface area contributed by atoms with Crippen molar-refractivity contribution in [2.45, 2.75) is 25.5 Å². The summed E-state index contributed by atoms with van der Waals surface area (Å²) in [4.78, 5) is 14.4. The first-order chi connectivity index (χ1) is 11.1. The molecule has 2 heterocycles. The Bertz CT molecular complexity index is 666. The first-order valence-corrected chi connectivity index (χ1v) is 8.27. The second kappa shape index (κ2) is 7.39. The van der Waals surface area contributed by atoms with Crippen molar-refractivity contribution in [3.05, 3.63) is 58.0 Å². The Balaban J connectivity index is 1.80. The summed E-state index contributed by atoms with van der Waals surface area (Å²) in [5.41, 5.74) is 0.842. The number of carbonyl (C=O) groups excluding carboxylic acids is 1. The number of rotatable bonds is 5. The highest BCUT2D eigenvalue weighted by Gasteiger charge is 2.25. The van der Waals surface area contributed by atoms with Gasteiger partial charge in [-0.2, -0.15) is 0 Å². The normalized spacial score (nSPS) is 17.4. The maximum atomic E-state index is 12.7. The Morgan fingerprint density at radius 3 is 2.83 bits per heavy atom. The van der Waals surface area contributed by atoms with Gasteiger partial charge in [-0.1, -0.05) is 29.3 Å². The van der Waals surface area contributed by atoms with E-state index < -0.39 is 0 Å². The molecule has 1 aliphatic heterocycles. The van der Waals surface area contributed by atoms with E-state index in [0.29, 0.717) is 28.9 Å². The molecule has 6 heteroatoms. The second-order valence-electron chi connectivity index (χ2n) is 5.53. The van der Waals surface area contributed by atoms with E-state index in [2.05, 4.69) is 0 Å². The molecular weight excluding hydrogens is 337 g/mol. The summed E-state index contributed by atoms with van der Waals surface area (Å²) in [6, 6.07) is 8.65. The standard InChI is InChI=1S/C17H17Cl2NO3/c18-13-6-5-12(15(19)9-13)10-20(11-14-3-1-7-22-14)17(21)16-4-2-8-23-16/h2,4-6,8-9,14H,1,3,7,10-11H2/t14-/m0/s1. The lowest BCUT2D eigenvalue weighted by Gasteiger charge is -2.25. The van der Waals surface area contributed by atoms with Crippen LogP contribution in [0.2, 0.25) is 10.0 Å². The first-order valence-electron chi connectivity index (χ1n) is 7.52. The lowest BCUT2D eigenvalue weighted by molar-refractivity contribution is 0.0484. The number of amides is 1. The van der Waals surface area contributed by atoms with Crippen molar-refractivity contribution in [1.29, 1.82) is 0 Å². The highest BCUT2D eigenvalue weighted by Crippen LogP contribution is 2.24. The van der Waals surface area contributed by atoms with Crippen LogP contribution in [0.1, 0.15) is 29.0 Å². The highest BCUT2D eigenvalue weighted by atomic mass is 35.5. The van der Waals surface area contributed by atoms with Gasteiger partial charge < -0.3 is 14.1 Å². The van der Waals surface area contributed by atoms with Crippen LogP contribution in [0.5, 0.6) is 0 Å². The predicted molar refractivity (Wildman–Crippen MR) is 88.9 cm³/mol. The molecule has 4 nitrogen and oxygen atoms in total. The number of hydrogen-bond donors (Lipinski definition) is 0. The minimum absolute atomic E-state index is 0.0555. The maximum Gasteiger partial charge on any atom is 0.289 e. The molecule has 1 amide bonds. The van der Waals surface area contributed by atoms with Gasteiger partial charge in [-0.3, -0.25) is 4.79 Å². The summed E-state index contributed by atoms with van der Waals surface area (Å²) in [7, 11) is 0. The smallest absolute Gasteiger partial charge is 0.289 e. The van der Waals surface area contributed by atoms with Gasteiger partial charge in [-0.25, -0.2) is 0 Å². The van der Waals surface area contributed by atoms with Crippen LogP contribution >= 0.6 is 23.2 Å². The Morgan fingerprint density at radius 2 is 2.17 bits per heavy atom. The highest BCUT2D eigenvalue weighted by molar-refractivity contribution is 6.35. The van der Waals surface area contributed by atoms with Crippen LogP contribution in [0.15, 0.2) is 41.0 Å². The molecule has 1 atom stereocenters. The maximum absolute atomic E-state index is 12.7. The van der Waals surface area contributed by atoms with E-state index in [-0.39, 0.29) is 12.0 Å². The number of ether oxygens (including phenoxy) is 1. The Labute approximate surface area is 144 Å². The number of hydrogen-bond acceptors (Lipinski definition) is 3. The zero-order chi connectivity index (χ0) is 16.2. The average Bonchev–Trinajstić information content (AvgIpc) is 3.21. The lowest BCUT2D eigenvalue weighted by Crippen LogP contribution is -2.36. The summed E-state index contributed by atoms with van der Waals surface area (Å²) in [5, 5.41) is 1.11. The second-order valence-corrected chi connectivity index (χ2v) is 6.38. The van der Waals surface area contributed by atoms with E-state index >= 15 is 0 Å². The molecule has 0 aliphatic carbocycles. The van der Waals surface area contributed by atoms with Gasteiger partial charge in [0.05, 0.1) is 12.4 Å². The van der Waals surface area contributed by atoms with E-state index in [1.807, 2.05) is 6.07 Å². The van der Waals surface area contributed by atoms with Gasteiger partial charge in [0.25, 0.3) is 5.91 Å². The van der Waals surface area contributed by atoms with Gasteiger partial charge in [0.15, 0.2) is 5.76 Å². The molecule has 23 heavy (non-hydrogen) atoms. The molecule has 0 spiro atoms. The monoisotopic (exact) mass is 353 g/mol. The number of nitrogens with zero attached hydrogens (tertiary/aromatic N) is 1. The molecule has 0 N–H and O–H groups in total. The summed E-state index contributed by atoms with van der Waals surface area (Å²) >= 11 is 12.2. The summed E-state index contributed by atoms with van der Waals surface area (Å²) in [6.07, 6.45) is 3.53. The third kappa shape index (κ3) is 4.08. The van der Waals surface area contributed by atoms with E-state index in [4.69, 9.17) is 32.4 Å². The van der Waals surface area contributed by atoms with E-state index in [1.54, 1.807) is 29.2 Å². The molecule has 0 bridgehead atoms. The topological polar surface area (TPSA) is 42.7 Å². The SMILES string of the molecule is O=C(c1ccco1)N(Cc1ccc(Cl)cc1Cl)C[C@@H]1CCCO1. The average molecular weight is 354 g/mol. The molecule has 0 radical (unpaired) electrons. The molecule has 0 saturated carbocycles. The van der Waals surface area contributed by atoms with Crippen molar-refractivity contribution < 1.29 is 13.9 Å². The number of furan rings is 1. The lowest BCUT2D eigenvalue weighted by atomic mass is 10.1. The van der Waals surface area contributed by atoms with Crippen LogP contribution in [-0.2, 0) is 11.3 Å². The van der Waals surface area contributed by atoms with Crippen molar-refractivity contribution in [2.75, 3.05) is 13.2 Å². The van der Waals surface area contributed by atoms with Crippen molar-refractivity contribution in [3.8, 4) is 0 Å². The first kappa shape index (κ1) is 16.4. The van der Waals surface area contributed by atoms with E-state index in [0.717, 1.165) is 25.0 Å². The molecule has 3 rings (SSSR count). The molecule has 1 aromatic carbocycles. The predicted octanol–water partition coefficient (Wildman–Crippen LogP) is 4.41. The van der Waals surface area contributed by atoms with Crippen molar-refractivity contribution in [1.82, 2.24) is 4.90 Å². The Hall–Kier alpha value is -1.49. The molecule has 1 fully saturated rings. The molecule has 122 valence electrons. The summed E-state index contributed by atoms with van der Waals surface area (Å²) in [5.74, 6) is 0.143. The fraction of sp³-hybridized carbons (Fsp3) is 0.353. The van der Waals surface area contributed by atoms with Gasteiger partial charge in [-0.15, -0.1) is 0 Å². The van der Waals surface area contributed by atoms with Crippen LogP contribution < -0.4 is 0 Å². The van der Waals surface area contributed by atoms with Crippen LogP contribution in [0.3, 0.4) is 0 Å². The molecule has 1 saturated heterocycles. The van der Waals surface area contributed by atoms with E-state index in [9.17, 15) is 4.79 Å². The van der Waals surface area contributed by atoms with Crippen molar-refractivity contribution in [3.63, 3.8) is 0 Å². The largest absolute Gasteiger partial charge is 0.459 e. The van der Waals surface area contributed by atoms with Gasteiger partial charge in [0.2, 0.25) is 0 Å². The van der Waals surface area contributed by atoms with Crippen LogP contribution in [-0.4, -0.2) is 30.1 Å². The summed E-state index contributed by atoms with van der Waals surface area (Å²) < 4.78 is 10.9. The minimum Gasteiger partial charge on any atom is -0.459 e. The number of halogens is 2. The molecule has 0 unspecified atom stereocenters. The van der Waals surface area contributed by atoms with Crippen molar-refractivity contribution >= 4 is 29.1 Å². The van der Waals surface area contributed by atoms with Gasteiger partial charge in [-0.05, 0) is 42.7 Å². The Morgan fingerprint density at radius 1 is 1.30 bits per heavy atom. The summed E-state index contributed by atoms with van der Waals surface area (Å²) in [6.45, 7) is 1.64. The Kier molecular flexibility index (Phi) is 5.26. The van der Waals surface area contributed by atoms with Gasteiger partial charge in [0, 0.05) is 29.7 Å². The third-order valence-corrected chi connectivity index (χ3v) is 4.43. The zero-order valence-corrected chi connectivity index (χ0v) is 14.0. The van der Waals surface area contributed by atoms with Gasteiger partial charge >= 0.3 is 0 Å². The quantitative estimate of drug-likeness (QED) is 0.799. The number of carbonyl (C=O) groups is 1. The fourth-order valence-corrected chi connectivity index (χ4v) is 3.13. The molecule has 2 aromatic rings. The van der Waals surface area contributed by atoms with Crippen LogP contribution in [0.25, 0.3) is 0 Å². The third-order valence-electron chi connectivity index (χ3n) is 3.84.